The first kappa shape index (κ1) is 14.5. The molecule has 2 N–H and O–H groups in total. The zero-order valence-electron chi connectivity index (χ0n) is 12.0. The highest BCUT2D eigenvalue weighted by Crippen LogP contribution is 2.32. The Balaban J connectivity index is 2.78. The maximum absolute atomic E-state index is 11.9. The van der Waals surface area contributed by atoms with Crippen molar-refractivity contribution in [3.8, 4) is 23.3 Å². The van der Waals surface area contributed by atoms with Crippen molar-refractivity contribution in [2.24, 2.45) is 0 Å². The van der Waals surface area contributed by atoms with E-state index in [4.69, 9.17) is 20.5 Å². The van der Waals surface area contributed by atoms with Crippen molar-refractivity contribution in [2.75, 3.05) is 20.0 Å². The van der Waals surface area contributed by atoms with E-state index in [0.717, 1.165) is 0 Å². The third kappa shape index (κ3) is 2.41. The zero-order chi connectivity index (χ0) is 15.6. The van der Waals surface area contributed by atoms with Crippen LogP contribution in [0.2, 0.25) is 0 Å². The predicted molar refractivity (Wildman–Crippen MR) is 78.0 cm³/mol. The van der Waals surface area contributed by atoms with Crippen LogP contribution in [0, 0.1) is 11.3 Å². The molecule has 0 aliphatic heterocycles. The van der Waals surface area contributed by atoms with Crippen LogP contribution in [0.5, 0.6) is 11.5 Å². The molecular weight excluding hydrogens is 270 g/mol. The van der Waals surface area contributed by atoms with Gasteiger partial charge in [-0.1, -0.05) is 0 Å². The number of ketones is 1. The fourth-order valence-electron chi connectivity index (χ4n) is 2.14. The number of aromatic nitrogens is 1. The number of nitriles is 1. The highest BCUT2D eigenvalue weighted by Gasteiger charge is 2.20. The molecule has 0 unspecified atom stereocenters. The Kier molecular flexibility index (Phi) is 3.85. The lowest BCUT2D eigenvalue weighted by Crippen LogP contribution is -2.07. The number of carbonyl (C=O) groups excluding carboxylic acids is 1. The SMILES string of the molecule is COc1ccc(OC)c(-n2cc(C#N)c(N)c2C(C)=O)c1. The minimum atomic E-state index is -0.237. The first-order valence-electron chi connectivity index (χ1n) is 6.17. The second-order valence-electron chi connectivity index (χ2n) is 4.38. The monoisotopic (exact) mass is 285 g/mol. The van der Waals surface area contributed by atoms with Gasteiger partial charge in [0.05, 0.1) is 31.2 Å². The number of nitrogens with two attached hydrogens (primary N) is 1. The van der Waals surface area contributed by atoms with Crippen LogP contribution < -0.4 is 15.2 Å². The highest BCUT2D eigenvalue weighted by molar-refractivity contribution is 5.99. The fourth-order valence-corrected chi connectivity index (χ4v) is 2.14. The third-order valence-corrected chi connectivity index (χ3v) is 3.14. The summed E-state index contributed by atoms with van der Waals surface area (Å²) < 4.78 is 12.0. The molecule has 6 nitrogen and oxygen atoms in total. The van der Waals surface area contributed by atoms with E-state index in [1.54, 1.807) is 29.9 Å². The van der Waals surface area contributed by atoms with Gasteiger partial charge in [-0.25, -0.2) is 0 Å². The highest BCUT2D eigenvalue weighted by atomic mass is 16.5. The molecule has 0 aliphatic carbocycles. The summed E-state index contributed by atoms with van der Waals surface area (Å²) in [7, 11) is 3.07. The minimum Gasteiger partial charge on any atom is -0.497 e. The van der Waals surface area contributed by atoms with Gasteiger partial charge in [-0.05, 0) is 12.1 Å². The molecule has 0 atom stereocenters. The Morgan fingerprint density at radius 3 is 2.57 bits per heavy atom. The first-order chi connectivity index (χ1) is 10.0. The van der Waals surface area contributed by atoms with Gasteiger partial charge in [0.1, 0.15) is 23.3 Å². The Morgan fingerprint density at radius 2 is 2.05 bits per heavy atom. The van der Waals surface area contributed by atoms with Gasteiger partial charge in [0.2, 0.25) is 0 Å². The second kappa shape index (κ2) is 5.59. The van der Waals surface area contributed by atoms with Crippen LogP contribution in [0.1, 0.15) is 23.0 Å². The summed E-state index contributed by atoms with van der Waals surface area (Å²) in [5, 5.41) is 9.10. The van der Waals surface area contributed by atoms with Crippen molar-refractivity contribution in [2.45, 2.75) is 6.92 Å². The molecule has 0 bridgehead atoms. The van der Waals surface area contributed by atoms with E-state index in [1.165, 1.54) is 20.2 Å². The Bertz CT molecular complexity index is 741. The molecule has 0 saturated carbocycles. The van der Waals surface area contributed by atoms with E-state index < -0.39 is 0 Å². The van der Waals surface area contributed by atoms with E-state index >= 15 is 0 Å². The lowest BCUT2D eigenvalue weighted by atomic mass is 10.2. The Morgan fingerprint density at radius 1 is 1.33 bits per heavy atom. The number of benzene rings is 1. The summed E-state index contributed by atoms with van der Waals surface area (Å²) in [5.41, 5.74) is 7.11. The number of Topliss-reactive ketones (excluding diaryl/α,β-unsaturated/α-hetero) is 1. The number of rotatable bonds is 4. The van der Waals surface area contributed by atoms with Crippen molar-refractivity contribution in [1.29, 1.82) is 5.26 Å². The van der Waals surface area contributed by atoms with Gasteiger partial charge in [-0.15, -0.1) is 0 Å². The summed E-state index contributed by atoms with van der Waals surface area (Å²) in [5.74, 6) is 0.905. The van der Waals surface area contributed by atoms with Gasteiger partial charge >= 0.3 is 0 Å². The van der Waals surface area contributed by atoms with Crippen LogP contribution in [-0.2, 0) is 0 Å². The number of carbonyl (C=O) groups is 1. The average Bonchev–Trinajstić information content (AvgIpc) is 2.83. The molecule has 0 amide bonds. The topological polar surface area (TPSA) is 90.3 Å². The van der Waals surface area contributed by atoms with Gasteiger partial charge in [-0.2, -0.15) is 5.26 Å². The van der Waals surface area contributed by atoms with E-state index in [2.05, 4.69) is 0 Å². The normalized spacial score (nSPS) is 10.0. The molecule has 108 valence electrons. The van der Waals surface area contributed by atoms with Gasteiger partial charge in [-0.3, -0.25) is 4.79 Å². The summed E-state index contributed by atoms with van der Waals surface area (Å²) in [4.78, 5) is 11.9. The van der Waals surface area contributed by atoms with Crippen LogP contribution in [0.25, 0.3) is 5.69 Å². The standard InChI is InChI=1S/C15H15N3O3/c1-9(19)15-14(17)10(7-16)8-18(15)12-6-11(20-2)4-5-13(12)21-3/h4-6,8H,17H2,1-3H3. The molecule has 2 rings (SSSR count). The van der Waals surface area contributed by atoms with Gasteiger partial charge < -0.3 is 19.8 Å². The minimum absolute atomic E-state index is 0.162. The molecule has 0 saturated heterocycles. The van der Waals surface area contributed by atoms with Crippen molar-refractivity contribution >= 4 is 11.5 Å². The Hall–Kier alpha value is -2.94. The summed E-state index contributed by atoms with van der Waals surface area (Å²) in [6.07, 6.45) is 1.52. The molecule has 1 aromatic heterocycles. The molecule has 1 heterocycles. The molecule has 21 heavy (non-hydrogen) atoms. The quantitative estimate of drug-likeness (QED) is 0.869. The molecular formula is C15H15N3O3. The maximum Gasteiger partial charge on any atom is 0.178 e. The van der Waals surface area contributed by atoms with E-state index in [-0.39, 0.29) is 22.7 Å². The predicted octanol–water partition coefficient (Wildman–Crippen LogP) is 2.15. The molecule has 0 radical (unpaired) electrons. The smallest absolute Gasteiger partial charge is 0.178 e. The maximum atomic E-state index is 11.9. The second-order valence-corrected chi connectivity index (χ2v) is 4.38. The van der Waals surface area contributed by atoms with Crippen LogP contribution in [-0.4, -0.2) is 24.6 Å². The average molecular weight is 285 g/mol. The number of ether oxygens (including phenoxy) is 2. The van der Waals surface area contributed by atoms with Crippen LogP contribution >= 0.6 is 0 Å². The Labute approximate surface area is 122 Å². The number of methoxy groups -OCH3 is 2. The van der Waals surface area contributed by atoms with Crippen LogP contribution in [0.4, 0.5) is 5.69 Å². The van der Waals surface area contributed by atoms with Crippen molar-refractivity contribution in [3.63, 3.8) is 0 Å². The molecule has 0 aliphatic rings. The number of nitrogens with zero attached hydrogens (tertiary/aromatic N) is 2. The molecule has 0 fully saturated rings. The van der Waals surface area contributed by atoms with Crippen molar-refractivity contribution < 1.29 is 14.3 Å². The summed E-state index contributed by atoms with van der Waals surface area (Å²) in [6.45, 7) is 1.40. The lowest BCUT2D eigenvalue weighted by molar-refractivity contribution is 0.101. The van der Waals surface area contributed by atoms with E-state index in [9.17, 15) is 4.79 Å². The van der Waals surface area contributed by atoms with Crippen LogP contribution in [0.3, 0.4) is 0 Å². The molecule has 0 spiro atoms. The number of anilines is 1. The van der Waals surface area contributed by atoms with Gasteiger partial charge in [0.15, 0.2) is 5.78 Å². The number of hydrogen-bond acceptors (Lipinski definition) is 5. The summed E-state index contributed by atoms with van der Waals surface area (Å²) in [6, 6.07) is 7.16. The van der Waals surface area contributed by atoms with Gasteiger partial charge in [0.25, 0.3) is 0 Å². The third-order valence-electron chi connectivity index (χ3n) is 3.14. The molecule has 1 aromatic carbocycles. The number of nitrogen functional groups attached to an aromatic ring is 1. The van der Waals surface area contributed by atoms with E-state index in [0.29, 0.717) is 17.2 Å². The fraction of sp³-hybridized carbons (Fsp3) is 0.200. The lowest BCUT2D eigenvalue weighted by Gasteiger charge is -2.13. The van der Waals surface area contributed by atoms with Crippen molar-refractivity contribution in [1.82, 2.24) is 4.57 Å². The molecule has 6 heteroatoms. The van der Waals surface area contributed by atoms with E-state index in [1.807, 2.05) is 6.07 Å². The van der Waals surface area contributed by atoms with Crippen LogP contribution in [0.15, 0.2) is 24.4 Å². The number of hydrogen-bond donors (Lipinski definition) is 1. The summed E-state index contributed by atoms with van der Waals surface area (Å²) >= 11 is 0. The first-order valence-corrected chi connectivity index (χ1v) is 6.17. The van der Waals surface area contributed by atoms with Crippen molar-refractivity contribution in [3.05, 3.63) is 35.7 Å². The molecule has 2 aromatic rings. The van der Waals surface area contributed by atoms with Gasteiger partial charge in [0, 0.05) is 19.2 Å². The largest absolute Gasteiger partial charge is 0.497 e. The zero-order valence-corrected chi connectivity index (χ0v) is 12.0.